The lowest BCUT2D eigenvalue weighted by Gasteiger charge is -2.18. The summed E-state index contributed by atoms with van der Waals surface area (Å²) in [7, 11) is 0. The smallest absolute Gasteiger partial charge is 0.343 e. The van der Waals surface area contributed by atoms with Crippen LogP contribution in [0, 0.1) is 0 Å². The maximum absolute atomic E-state index is 12.2. The highest BCUT2D eigenvalue weighted by molar-refractivity contribution is 5.96. The summed E-state index contributed by atoms with van der Waals surface area (Å²) in [4.78, 5) is 23.5. The number of hydrogen-bond acceptors (Lipinski definition) is 5. The van der Waals surface area contributed by atoms with Gasteiger partial charge >= 0.3 is 5.97 Å². The molecule has 0 fully saturated rings. The average Bonchev–Trinajstić information content (AvgIpc) is 2.55. The third kappa shape index (κ3) is 3.42. The van der Waals surface area contributed by atoms with E-state index in [0.717, 1.165) is 0 Å². The van der Waals surface area contributed by atoms with Gasteiger partial charge in [0.2, 0.25) is 0 Å². The predicted octanol–water partition coefficient (Wildman–Crippen LogP) is 2.64. The topological polar surface area (TPSA) is 73.9 Å². The Morgan fingerprint density at radius 3 is 2.91 bits per heavy atom. The summed E-state index contributed by atoms with van der Waals surface area (Å²) in [5.41, 5.74) is 0.864. The van der Waals surface area contributed by atoms with Gasteiger partial charge in [0, 0.05) is 6.07 Å². The maximum Gasteiger partial charge on any atom is 0.343 e. The number of esters is 1. The van der Waals surface area contributed by atoms with Crippen LogP contribution in [0.15, 0.2) is 42.5 Å². The number of carbonyl (C=O) groups excluding carboxylic acids is 2. The fourth-order valence-electron chi connectivity index (χ4n) is 2.17. The van der Waals surface area contributed by atoms with Crippen LogP contribution in [0.1, 0.15) is 17.3 Å². The van der Waals surface area contributed by atoms with Crippen molar-refractivity contribution in [2.24, 2.45) is 0 Å². The molecule has 1 N–H and O–H groups in total. The van der Waals surface area contributed by atoms with E-state index in [2.05, 4.69) is 5.32 Å². The molecule has 1 heterocycles. The van der Waals surface area contributed by atoms with E-state index in [0.29, 0.717) is 35.1 Å². The Labute approximate surface area is 133 Å². The Balaban J connectivity index is 1.76. The molecule has 1 aliphatic rings. The molecule has 6 heteroatoms. The molecule has 2 aromatic carbocycles. The van der Waals surface area contributed by atoms with Gasteiger partial charge in [-0.1, -0.05) is 6.07 Å². The van der Waals surface area contributed by atoms with Crippen molar-refractivity contribution < 1.29 is 23.8 Å². The Hall–Kier alpha value is -3.02. The van der Waals surface area contributed by atoms with E-state index in [1.165, 1.54) is 0 Å². The molecule has 0 atom stereocenters. The van der Waals surface area contributed by atoms with Gasteiger partial charge in [-0.05, 0) is 37.3 Å². The van der Waals surface area contributed by atoms with Crippen molar-refractivity contribution in [2.75, 3.05) is 18.5 Å². The number of benzene rings is 2. The van der Waals surface area contributed by atoms with Crippen molar-refractivity contribution in [1.29, 1.82) is 0 Å². The largest absolute Gasteiger partial charge is 0.494 e. The first-order valence-electron chi connectivity index (χ1n) is 7.17. The van der Waals surface area contributed by atoms with E-state index >= 15 is 0 Å². The SMILES string of the molecule is CCOc1cccc(C(=O)Oc2ccc3c(c2)NC(=O)CO3)c1. The first-order chi connectivity index (χ1) is 11.2. The third-order valence-corrected chi connectivity index (χ3v) is 3.18. The molecule has 0 radical (unpaired) electrons. The highest BCUT2D eigenvalue weighted by atomic mass is 16.5. The van der Waals surface area contributed by atoms with Crippen molar-refractivity contribution in [3.05, 3.63) is 48.0 Å². The minimum absolute atomic E-state index is 0.0175. The summed E-state index contributed by atoms with van der Waals surface area (Å²) in [6.45, 7) is 2.37. The van der Waals surface area contributed by atoms with Gasteiger partial charge in [0.05, 0.1) is 17.9 Å². The summed E-state index contributed by atoms with van der Waals surface area (Å²) >= 11 is 0. The van der Waals surface area contributed by atoms with Gasteiger partial charge in [-0.2, -0.15) is 0 Å². The monoisotopic (exact) mass is 313 g/mol. The van der Waals surface area contributed by atoms with E-state index in [1.807, 2.05) is 6.92 Å². The first-order valence-corrected chi connectivity index (χ1v) is 7.17. The number of anilines is 1. The van der Waals surface area contributed by atoms with Gasteiger partial charge in [-0.3, -0.25) is 4.79 Å². The second-order valence-corrected chi connectivity index (χ2v) is 4.85. The van der Waals surface area contributed by atoms with Crippen LogP contribution in [0.5, 0.6) is 17.2 Å². The fraction of sp³-hybridized carbons (Fsp3) is 0.176. The van der Waals surface area contributed by atoms with Crippen LogP contribution in [-0.4, -0.2) is 25.1 Å². The number of fused-ring (bicyclic) bond motifs is 1. The number of rotatable bonds is 4. The van der Waals surface area contributed by atoms with E-state index in [4.69, 9.17) is 14.2 Å². The number of amides is 1. The normalized spacial score (nSPS) is 12.7. The second kappa shape index (κ2) is 6.39. The maximum atomic E-state index is 12.2. The zero-order valence-corrected chi connectivity index (χ0v) is 12.5. The number of hydrogen-bond donors (Lipinski definition) is 1. The van der Waals surface area contributed by atoms with Gasteiger partial charge in [0.25, 0.3) is 5.91 Å². The summed E-state index contributed by atoms with van der Waals surface area (Å²) in [6.07, 6.45) is 0. The minimum atomic E-state index is -0.505. The highest BCUT2D eigenvalue weighted by Crippen LogP contribution is 2.31. The quantitative estimate of drug-likeness (QED) is 0.694. The molecule has 0 saturated carbocycles. The predicted molar refractivity (Wildman–Crippen MR) is 83.1 cm³/mol. The van der Waals surface area contributed by atoms with Crippen LogP contribution in [0.3, 0.4) is 0 Å². The molecule has 2 aromatic rings. The Bertz CT molecular complexity index is 756. The Morgan fingerprint density at radius 1 is 1.22 bits per heavy atom. The Kier molecular flexibility index (Phi) is 4.14. The van der Waals surface area contributed by atoms with E-state index in [1.54, 1.807) is 42.5 Å². The molecule has 1 aliphatic heterocycles. The van der Waals surface area contributed by atoms with Crippen molar-refractivity contribution in [2.45, 2.75) is 6.92 Å². The molecule has 118 valence electrons. The lowest BCUT2D eigenvalue weighted by atomic mass is 10.2. The molecule has 0 unspecified atom stereocenters. The first kappa shape index (κ1) is 14.9. The molecular formula is C17H15NO5. The van der Waals surface area contributed by atoms with E-state index in [9.17, 15) is 9.59 Å². The fourth-order valence-corrected chi connectivity index (χ4v) is 2.17. The lowest BCUT2D eigenvalue weighted by molar-refractivity contribution is -0.118. The molecule has 6 nitrogen and oxygen atoms in total. The van der Waals surface area contributed by atoms with Gasteiger partial charge in [-0.25, -0.2) is 4.79 Å². The summed E-state index contributed by atoms with van der Waals surface area (Å²) in [5.74, 6) is 0.720. The molecular weight excluding hydrogens is 298 g/mol. The van der Waals surface area contributed by atoms with Crippen LogP contribution < -0.4 is 19.5 Å². The van der Waals surface area contributed by atoms with Crippen molar-refractivity contribution in [3.8, 4) is 17.2 Å². The van der Waals surface area contributed by atoms with Crippen molar-refractivity contribution >= 4 is 17.6 Å². The van der Waals surface area contributed by atoms with Crippen LogP contribution in [0.4, 0.5) is 5.69 Å². The van der Waals surface area contributed by atoms with Gasteiger partial charge in [0.1, 0.15) is 17.2 Å². The van der Waals surface area contributed by atoms with Gasteiger partial charge < -0.3 is 19.5 Å². The van der Waals surface area contributed by atoms with Crippen molar-refractivity contribution in [1.82, 2.24) is 0 Å². The van der Waals surface area contributed by atoms with Crippen LogP contribution in [0.25, 0.3) is 0 Å². The standard InChI is InChI=1S/C17H15NO5/c1-2-21-12-5-3-4-11(8-12)17(20)23-13-6-7-15-14(9-13)18-16(19)10-22-15/h3-9H,2,10H2,1H3,(H,18,19). The molecule has 0 spiro atoms. The van der Waals surface area contributed by atoms with Crippen LogP contribution in [0.2, 0.25) is 0 Å². The molecule has 0 aromatic heterocycles. The lowest BCUT2D eigenvalue weighted by Crippen LogP contribution is -2.25. The molecule has 0 saturated heterocycles. The number of ether oxygens (including phenoxy) is 3. The highest BCUT2D eigenvalue weighted by Gasteiger charge is 2.17. The van der Waals surface area contributed by atoms with Gasteiger partial charge in [0.15, 0.2) is 6.61 Å². The third-order valence-electron chi connectivity index (χ3n) is 3.18. The summed E-state index contributed by atoms with van der Waals surface area (Å²) < 4.78 is 15.9. The molecule has 0 aliphatic carbocycles. The Morgan fingerprint density at radius 2 is 2.09 bits per heavy atom. The number of carbonyl (C=O) groups is 2. The van der Waals surface area contributed by atoms with Crippen LogP contribution >= 0.6 is 0 Å². The molecule has 23 heavy (non-hydrogen) atoms. The van der Waals surface area contributed by atoms with E-state index in [-0.39, 0.29) is 12.5 Å². The van der Waals surface area contributed by atoms with E-state index < -0.39 is 5.97 Å². The van der Waals surface area contributed by atoms with Crippen LogP contribution in [-0.2, 0) is 4.79 Å². The average molecular weight is 313 g/mol. The molecule has 3 rings (SSSR count). The van der Waals surface area contributed by atoms with Crippen molar-refractivity contribution in [3.63, 3.8) is 0 Å². The van der Waals surface area contributed by atoms with Gasteiger partial charge in [-0.15, -0.1) is 0 Å². The summed E-state index contributed by atoms with van der Waals surface area (Å²) in [5, 5.41) is 2.66. The number of nitrogens with one attached hydrogen (secondary N) is 1. The summed E-state index contributed by atoms with van der Waals surface area (Å²) in [6, 6.07) is 11.6. The zero-order chi connectivity index (χ0) is 16.2. The molecule has 0 bridgehead atoms. The zero-order valence-electron chi connectivity index (χ0n) is 12.5. The second-order valence-electron chi connectivity index (χ2n) is 4.85. The minimum Gasteiger partial charge on any atom is -0.494 e. The molecule has 1 amide bonds.